The van der Waals surface area contributed by atoms with Gasteiger partial charge in [-0.3, -0.25) is 9.69 Å². The number of ether oxygens (including phenoxy) is 1. The highest BCUT2D eigenvalue weighted by atomic mass is 32.2. The van der Waals surface area contributed by atoms with Crippen molar-refractivity contribution < 1.29 is 22.7 Å². The standard InChI is InChI=1S/C29H30N4O5S2/c1-3-38-29(35)31-16-18-32(19-17-31)40(36,37)24-14-12-23(13-15-24)27(34)33(20-22-9-5-4-6-10-22)28-30-26-21(2)8-7-11-25(26)39-28/h4-15H,3,16-20H2,1-2H3. The van der Waals surface area contributed by atoms with Gasteiger partial charge >= 0.3 is 6.09 Å². The average Bonchev–Trinajstić information content (AvgIpc) is 3.42. The molecule has 3 aromatic carbocycles. The van der Waals surface area contributed by atoms with Gasteiger partial charge in [0.15, 0.2) is 5.13 Å². The number of hydrogen-bond donors (Lipinski definition) is 0. The highest BCUT2D eigenvalue weighted by Crippen LogP contribution is 2.32. The molecule has 0 spiro atoms. The summed E-state index contributed by atoms with van der Waals surface area (Å²) in [7, 11) is -3.79. The van der Waals surface area contributed by atoms with Gasteiger partial charge in [0, 0.05) is 31.7 Å². The quantitative estimate of drug-likeness (QED) is 0.309. The number of carbonyl (C=O) groups excluding carboxylic acids is 2. The van der Waals surface area contributed by atoms with Crippen molar-refractivity contribution in [2.45, 2.75) is 25.3 Å². The van der Waals surface area contributed by atoms with Crippen molar-refractivity contribution in [3.63, 3.8) is 0 Å². The Morgan fingerprint density at radius 3 is 2.30 bits per heavy atom. The van der Waals surface area contributed by atoms with E-state index in [9.17, 15) is 18.0 Å². The highest BCUT2D eigenvalue weighted by Gasteiger charge is 2.31. The maximum absolute atomic E-state index is 13.8. The first-order valence-electron chi connectivity index (χ1n) is 13.0. The minimum absolute atomic E-state index is 0.0962. The molecule has 1 aliphatic heterocycles. The van der Waals surface area contributed by atoms with Gasteiger partial charge < -0.3 is 9.64 Å². The average molecular weight is 579 g/mol. The second-order valence-corrected chi connectivity index (χ2v) is 12.4. The third-order valence-electron chi connectivity index (χ3n) is 6.77. The van der Waals surface area contributed by atoms with E-state index < -0.39 is 16.1 Å². The number of thiazole rings is 1. The molecule has 0 radical (unpaired) electrons. The molecular formula is C29H30N4O5S2. The first-order valence-corrected chi connectivity index (χ1v) is 15.3. The number of rotatable bonds is 7. The fraction of sp³-hybridized carbons (Fsp3) is 0.276. The molecule has 1 aliphatic rings. The molecule has 0 aliphatic carbocycles. The number of fused-ring (bicyclic) bond motifs is 1. The molecule has 2 heterocycles. The molecule has 2 amide bonds. The molecule has 1 saturated heterocycles. The first-order chi connectivity index (χ1) is 19.3. The van der Waals surface area contributed by atoms with Crippen molar-refractivity contribution in [3.8, 4) is 0 Å². The molecule has 0 unspecified atom stereocenters. The van der Waals surface area contributed by atoms with Crippen molar-refractivity contribution >= 4 is 48.7 Å². The lowest BCUT2D eigenvalue weighted by Crippen LogP contribution is -2.50. The highest BCUT2D eigenvalue weighted by molar-refractivity contribution is 7.89. The van der Waals surface area contributed by atoms with Crippen molar-refractivity contribution in [2.24, 2.45) is 0 Å². The molecule has 1 aromatic heterocycles. The Hall–Kier alpha value is -3.80. The molecule has 1 fully saturated rings. The maximum atomic E-state index is 13.8. The topological polar surface area (TPSA) is 100 Å². The van der Waals surface area contributed by atoms with Crippen LogP contribution in [0.1, 0.15) is 28.4 Å². The Morgan fingerprint density at radius 2 is 1.65 bits per heavy atom. The molecule has 0 N–H and O–H groups in total. The van der Waals surface area contributed by atoms with Gasteiger partial charge in [-0.1, -0.05) is 53.8 Å². The van der Waals surface area contributed by atoms with E-state index in [2.05, 4.69) is 0 Å². The second kappa shape index (κ2) is 11.7. The van der Waals surface area contributed by atoms with E-state index in [-0.39, 0.29) is 43.6 Å². The van der Waals surface area contributed by atoms with E-state index in [1.54, 1.807) is 24.0 Å². The Morgan fingerprint density at radius 1 is 0.950 bits per heavy atom. The van der Waals surface area contributed by atoms with E-state index in [0.29, 0.717) is 17.2 Å². The van der Waals surface area contributed by atoms with Gasteiger partial charge in [-0.05, 0) is 55.3 Å². The lowest BCUT2D eigenvalue weighted by Gasteiger charge is -2.33. The van der Waals surface area contributed by atoms with Crippen molar-refractivity contribution in [1.82, 2.24) is 14.2 Å². The summed E-state index contributed by atoms with van der Waals surface area (Å²) in [6.07, 6.45) is -0.439. The van der Waals surface area contributed by atoms with Crippen molar-refractivity contribution in [3.05, 3.63) is 89.5 Å². The summed E-state index contributed by atoms with van der Waals surface area (Å²) < 4.78 is 33.9. The SMILES string of the molecule is CCOC(=O)N1CCN(S(=O)(=O)c2ccc(C(=O)N(Cc3ccccc3)c3nc4c(C)cccc4s3)cc2)CC1. The molecule has 5 rings (SSSR count). The van der Waals surface area contributed by atoms with E-state index in [1.807, 2.05) is 55.5 Å². The maximum Gasteiger partial charge on any atom is 0.409 e. The van der Waals surface area contributed by atoms with Gasteiger partial charge in [-0.25, -0.2) is 18.2 Å². The molecule has 0 saturated carbocycles. The number of para-hydroxylation sites is 1. The number of benzene rings is 3. The van der Waals surface area contributed by atoms with Gasteiger partial charge in [0.05, 0.1) is 28.3 Å². The Bertz CT molecular complexity index is 1610. The predicted molar refractivity (Wildman–Crippen MR) is 155 cm³/mol. The van der Waals surface area contributed by atoms with Gasteiger partial charge in [-0.15, -0.1) is 0 Å². The summed E-state index contributed by atoms with van der Waals surface area (Å²) in [6.45, 7) is 5.16. The molecule has 40 heavy (non-hydrogen) atoms. The van der Waals surface area contributed by atoms with Crippen LogP contribution in [0.4, 0.5) is 9.93 Å². The van der Waals surface area contributed by atoms with Crippen LogP contribution in [0.25, 0.3) is 10.2 Å². The largest absolute Gasteiger partial charge is 0.450 e. The second-order valence-electron chi connectivity index (χ2n) is 9.41. The molecule has 11 heteroatoms. The Kier molecular flexibility index (Phi) is 8.15. The monoisotopic (exact) mass is 578 g/mol. The predicted octanol–water partition coefficient (Wildman–Crippen LogP) is 4.91. The molecule has 0 bridgehead atoms. The summed E-state index contributed by atoms with van der Waals surface area (Å²) in [6, 6.07) is 21.6. The zero-order valence-corrected chi connectivity index (χ0v) is 24.0. The number of amides is 2. The fourth-order valence-electron chi connectivity index (χ4n) is 4.58. The van der Waals surface area contributed by atoms with Crippen LogP contribution in [0.5, 0.6) is 0 Å². The number of aryl methyl sites for hydroxylation is 1. The van der Waals surface area contributed by atoms with Crippen molar-refractivity contribution in [1.29, 1.82) is 0 Å². The van der Waals surface area contributed by atoms with Crippen LogP contribution in [0.3, 0.4) is 0 Å². The van der Waals surface area contributed by atoms with Crippen LogP contribution in [-0.4, -0.2) is 67.4 Å². The summed E-state index contributed by atoms with van der Waals surface area (Å²) in [5.41, 5.74) is 3.20. The van der Waals surface area contributed by atoms with Gasteiger partial charge in [0.25, 0.3) is 5.91 Å². The van der Waals surface area contributed by atoms with Crippen LogP contribution in [0.2, 0.25) is 0 Å². The summed E-state index contributed by atoms with van der Waals surface area (Å²) in [4.78, 5) is 33.8. The summed E-state index contributed by atoms with van der Waals surface area (Å²) >= 11 is 1.45. The van der Waals surface area contributed by atoms with Crippen molar-refractivity contribution in [2.75, 3.05) is 37.7 Å². The Labute approximate surface area is 237 Å². The first kappa shape index (κ1) is 27.8. The number of carbonyl (C=O) groups is 2. The number of sulfonamides is 1. The molecule has 9 nitrogen and oxygen atoms in total. The zero-order valence-electron chi connectivity index (χ0n) is 22.3. The molecule has 4 aromatic rings. The number of nitrogens with zero attached hydrogens (tertiary/aromatic N) is 4. The summed E-state index contributed by atoms with van der Waals surface area (Å²) in [5, 5.41) is 0.578. The lowest BCUT2D eigenvalue weighted by atomic mass is 10.1. The van der Waals surface area contributed by atoms with Crippen LogP contribution in [0, 0.1) is 6.92 Å². The molecular weight excluding hydrogens is 548 g/mol. The number of piperazine rings is 1. The number of anilines is 1. The minimum atomic E-state index is -3.79. The normalized spacial score (nSPS) is 14.3. The van der Waals surface area contributed by atoms with Gasteiger partial charge in [0.2, 0.25) is 10.0 Å². The van der Waals surface area contributed by atoms with Crippen LogP contribution < -0.4 is 4.90 Å². The smallest absolute Gasteiger partial charge is 0.409 e. The van der Waals surface area contributed by atoms with Crippen LogP contribution >= 0.6 is 11.3 Å². The van der Waals surface area contributed by atoms with Gasteiger partial charge in [-0.2, -0.15) is 4.31 Å². The van der Waals surface area contributed by atoms with Crippen LogP contribution in [-0.2, 0) is 21.3 Å². The summed E-state index contributed by atoms with van der Waals surface area (Å²) in [5.74, 6) is -0.271. The third kappa shape index (κ3) is 5.72. The minimum Gasteiger partial charge on any atom is -0.450 e. The fourth-order valence-corrected chi connectivity index (χ4v) is 7.05. The lowest BCUT2D eigenvalue weighted by molar-refractivity contribution is 0.0933. The van der Waals surface area contributed by atoms with E-state index in [4.69, 9.17) is 9.72 Å². The van der Waals surface area contributed by atoms with Crippen LogP contribution in [0.15, 0.2) is 77.7 Å². The van der Waals surface area contributed by atoms with E-state index in [1.165, 1.54) is 32.7 Å². The van der Waals surface area contributed by atoms with E-state index >= 15 is 0 Å². The Balaban J connectivity index is 1.38. The molecule has 208 valence electrons. The number of hydrogen-bond acceptors (Lipinski definition) is 7. The molecule has 0 atom stereocenters. The van der Waals surface area contributed by atoms with Gasteiger partial charge in [0.1, 0.15) is 0 Å². The zero-order chi connectivity index (χ0) is 28.3. The number of aromatic nitrogens is 1. The van der Waals surface area contributed by atoms with E-state index in [0.717, 1.165) is 21.3 Å². The third-order valence-corrected chi connectivity index (χ3v) is 9.73.